The molecule has 0 fully saturated rings. The molecule has 9 nitrogen and oxygen atoms in total. The van der Waals surface area contributed by atoms with Crippen molar-refractivity contribution in [1.82, 2.24) is 14.6 Å². The zero-order valence-electron chi connectivity index (χ0n) is 12.6. The van der Waals surface area contributed by atoms with E-state index in [1.54, 1.807) is 16.7 Å². The molecule has 0 spiro atoms. The molecule has 124 valence electrons. The van der Waals surface area contributed by atoms with E-state index >= 15 is 0 Å². The standard InChI is InChI=1S/C14H13N5O4S/c1-24(22,23)11-6-4-5-10(14(11)19(20)21)15-9-13-17-16-12-7-2-3-8-18(12)13/h2-8,15H,9H2,1H3. The molecule has 10 heteroatoms. The molecule has 2 aromatic heterocycles. The Morgan fingerprint density at radius 3 is 2.71 bits per heavy atom. The lowest BCUT2D eigenvalue weighted by molar-refractivity contribution is -0.386. The highest BCUT2D eigenvalue weighted by molar-refractivity contribution is 7.90. The van der Waals surface area contributed by atoms with Gasteiger partial charge in [-0.2, -0.15) is 0 Å². The van der Waals surface area contributed by atoms with Crippen molar-refractivity contribution >= 4 is 26.9 Å². The third-order valence-corrected chi connectivity index (χ3v) is 4.53. The van der Waals surface area contributed by atoms with Crippen molar-refractivity contribution in [2.24, 2.45) is 0 Å². The van der Waals surface area contributed by atoms with E-state index in [9.17, 15) is 18.5 Å². The predicted molar refractivity (Wildman–Crippen MR) is 86.5 cm³/mol. The van der Waals surface area contributed by atoms with Crippen LogP contribution in [0.15, 0.2) is 47.5 Å². The summed E-state index contributed by atoms with van der Waals surface area (Å²) in [7, 11) is -3.72. The molecule has 0 amide bonds. The first-order chi connectivity index (χ1) is 11.4. The molecule has 0 unspecified atom stereocenters. The van der Waals surface area contributed by atoms with E-state index in [1.807, 2.05) is 12.1 Å². The minimum absolute atomic E-state index is 0.107. The van der Waals surface area contributed by atoms with Crippen molar-refractivity contribution in [3.05, 3.63) is 58.5 Å². The number of nitrogens with zero attached hydrogens (tertiary/aromatic N) is 4. The number of anilines is 1. The number of nitrogens with one attached hydrogen (secondary N) is 1. The maximum atomic E-state index is 11.8. The number of fused-ring (bicyclic) bond motifs is 1. The van der Waals surface area contributed by atoms with Gasteiger partial charge < -0.3 is 5.32 Å². The summed E-state index contributed by atoms with van der Waals surface area (Å²) >= 11 is 0. The van der Waals surface area contributed by atoms with Crippen LogP contribution in [0.1, 0.15) is 5.82 Å². The van der Waals surface area contributed by atoms with E-state index in [1.165, 1.54) is 18.2 Å². The van der Waals surface area contributed by atoms with E-state index < -0.39 is 20.4 Å². The molecule has 0 aliphatic carbocycles. The van der Waals surface area contributed by atoms with Gasteiger partial charge in [0, 0.05) is 12.5 Å². The molecule has 3 rings (SSSR count). The summed E-state index contributed by atoms with van der Waals surface area (Å²) in [5.74, 6) is 0.546. The first kappa shape index (κ1) is 15.9. The SMILES string of the molecule is CS(=O)(=O)c1cccc(NCc2nnc3ccccn23)c1[N+](=O)[O-]. The van der Waals surface area contributed by atoms with Gasteiger partial charge in [0.2, 0.25) is 0 Å². The zero-order chi connectivity index (χ0) is 17.3. The lowest BCUT2D eigenvalue weighted by Crippen LogP contribution is -2.09. The van der Waals surface area contributed by atoms with Gasteiger partial charge in [0.1, 0.15) is 10.6 Å². The topological polar surface area (TPSA) is 120 Å². The van der Waals surface area contributed by atoms with Crippen LogP contribution < -0.4 is 5.32 Å². The van der Waals surface area contributed by atoms with Gasteiger partial charge in [-0.1, -0.05) is 12.1 Å². The average Bonchev–Trinajstić information content (AvgIpc) is 2.94. The fourth-order valence-electron chi connectivity index (χ4n) is 2.34. The van der Waals surface area contributed by atoms with E-state index in [0.29, 0.717) is 11.5 Å². The van der Waals surface area contributed by atoms with Gasteiger partial charge in [-0.15, -0.1) is 10.2 Å². The van der Waals surface area contributed by atoms with Gasteiger partial charge in [0.05, 0.1) is 11.5 Å². The molecule has 2 heterocycles. The van der Waals surface area contributed by atoms with Crippen molar-refractivity contribution in [2.75, 3.05) is 11.6 Å². The summed E-state index contributed by atoms with van der Waals surface area (Å²) in [6.07, 6.45) is 2.71. The maximum absolute atomic E-state index is 11.8. The summed E-state index contributed by atoms with van der Waals surface area (Å²) < 4.78 is 25.3. The van der Waals surface area contributed by atoms with Crippen LogP contribution in [0.5, 0.6) is 0 Å². The minimum Gasteiger partial charge on any atom is -0.372 e. The van der Waals surface area contributed by atoms with Gasteiger partial charge in [0.25, 0.3) is 0 Å². The number of nitro benzene ring substituents is 1. The molecule has 0 saturated carbocycles. The Kier molecular flexibility index (Phi) is 3.89. The Morgan fingerprint density at radius 2 is 2.00 bits per heavy atom. The van der Waals surface area contributed by atoms with Crippen LogP contribution in [0.4, 0.5) is 11.4 Å². The molecule has 0 saturated heterocycles. The molecular formula is C14H13N5O4S. The number of sulfone groups is 1. The van der Waals surface area contributed by atoms with Crippen molar-refractivity contribution < 1.29 is 13.3 Å². The number of aromatic nitrogens is 3. The van der Waals surface area contributed by atoms with E-state index in [-0.39, 0.29) is 17.1 Å². The third kappa shape index (κ3) is 2.91. The van der Waals surface area contributed by atoms with Crippen LogP contribution in [-0.4, -0.2) is 34.2 Å². The van der Waals surface area contributed by atoms with Crippen LogP contribution in [0.2, 0.25) is 0 Å². The normalized spacial score (nSPS) is 11.5. The molecule has 3 aromatic rings. The van der Waals surface area contributed by atoms with Crippen molar-refractivity contribution in [2.45, 2.75) is 11.4 Å². The van der Waals surface area contributed by atoms with Crippen molar-refractivity contribution in [3.63, 3.8) is 0 Å². The minimum atomic E-state index is -3.72. The van der Waals surface area contributed by atoms with Crippen molar-refractivity contribution in [1.29, 1.82) is 0 Å². The Bertz CT molecular complexity index is 1030. The first-order valence-electron chi connectivity index (χ1n) is 6.88. The van der Waals surface area contributed by atoms with Crippen LogP contribution in [0.3, 0.4) is 0 Å². The van der Waals surface area contributed by atoms with E-state index in [2.05, 4.69) is 15.5 Å². The van der Waals surface area contributed by atoms with E-state index in [4.69, 9.17) is 0 Å². The smallest absolute Gasteiger partial charge is 0.310 e. The summed E-state index contributed by atoms with van der Waals surface area (Å²) in [6.45, 7) is 0.152. The number of benzene rings is 1. The number of pyridine rings is 1. The molecule has 1 aromatic carbocycles. The fourth-order valence-corrected chi connectivity index (χ4v) is 3.20. The third-order valence-electron chi connectivity index (χ3n) is 3.40. The molecule has 0 aliphatic rings. The van der Waals surface area contributed by atoms with Gasteiger partial charge in [-0.25, -0.2) is 8.42 Å². The predicted octanol–water partition coefficient (Wildman–Crippen LogP) is 1.65. The highest BCUT2D eigenvalue weighted by Crippen LogP contribution is 2.32. The Hall–Kier alpha value is -3.01. The van der Waals surface area contributed by atoms with Crippen molar-refractivity contribution in [3.8, 4) is 0 Å². The van der Waals surface area contributed by atoms with Crippen LogP contribution in [0, 0.1) is 10.1 Å². The van der Waals surface area contributed by atoms with Gasteiger partial charge in [-0.3, -0.25) is 14.5 Å². The molecule has 24 heavy (non-hydrogen) atoms. The Balaban J connectivity index is 1.97. The molecular weight excluding hydrogens is 334 g/mol. The number of hydrogen-bond acceptors (Lipinski definition) is 7. The maximum Gasteiger partial charge on any atom is 0.310 e. The number of para-hydroxylation sites is 1. The number of hydrogen-bond donors (Lipinski definition) is 1. The molecule has 0 atom stereocenters. The molecule has 1 N–H and O–H groups in total. The quantitative estimate of drug-likeness (QED) is 0.550. The zero-order valence-corrected chi connectivity index (χ0v) is 13.4. The summed E-state index contributed by atoms with van der Waals surface area (Å²) in [5.41, 5.74) is 0.276. The average molecular weight is 347 g/mol. The van der Waals surface area contributed by atoms with Crippen LogP contribution >= 0.6 is 0 Å². The van der Waals surface area contributed by atoms with Crippen LogP contribution in [0.25, 0.3) is 5.65 Å². The molecule has 0 aliphatic heterocycles. The number of rotatable bonds is 5. The number of nitro groups is 1. The van der Waals surface area contributed by atoms with Crippen LogP contribution in [-0.2, 0) is 16.4 Å². The second kappa shape index (κ2) is 5.89. The highest BCUT2D eigenvalue weighted by atomic mass is 32.2. The summed E-state index contributed by atoms with van der Waals surface area (Å²) in [5, 5.41) is 22.2. The second-order valence-corrected chi connectivity index (χ2v) is 7.06. The monoisotopic (exact) mass is 347 g/mol. The fraction of sp³-hybridized carbons (Fsp3) is 0.143. The lowest BCUT2D eigenvalue weighted by Gasteiger charge is -2.08. The summed E-state index contributed by atoms with van der Waals surface area (Å²) in [6, 6.07) is 9.53. The molecule has 0 radical (unpaired) electrons. The van der Waals surface area contributed by atoms with Gasteiger partial charge >= 0.3 is 5.69 Å². The van der Waals surface area contributed by atoms with Gasteiger partial charge in [-0.05, 0) is 24.3 Å². The molecule has 0 bridgehead atoms. The second-order valence-electron chi connectivity index (χ2n) is 5.08. The lowest BCUT2D eigenvalue weighted by atomic mass is 10.2. The van der Waals surface area contributed by atoms with E-state index in [0.717, 1.165) is 6.26 Å². The first-order valence-corrected chi connectivity index (χ1v) is 8.77. The summed E-state index contributed by atoms with van der Waals surface area (Å²) in [4.78, 5) is 10.3. The Labute approximate surface area is 137 Å². The highest BCUT2D eigenvalue weighted by Gasteiger charge is 2.26. The van der Waals surface area contributed by atoms with Gasteiger partial charge in [0.15, 0.2) is 21.3 Å². The Morgan fingerprint density at radius 1 is 1.21 bits per heavy atom. The largest absolute Gasteiger partial charge is 0.372 e.